The van der Waals surface area contributed by atoms with Gasteiger partial charge in [-0.05, 0) is 49.8 Å². The predicted octanol–water partition coefficient (Wildman–Crippen LogP) is 2.87. The minimum Gasteiger partial charge on any atom is -0.329 e. The lowest BCUT2D eigenvalue weighted by molar-refractivity contribution is 0.101. The highest BCUT2D eigenvalue weighted by atomic mass is 32.2. The molecule has 1 aliphatic carbocycles. The number of likely N-dealkylation sites (tertiary alicyclic amines) is 1. The smallest absolute Gasteiger partial charge is 0.0422 e. The maximum absolute atomic E-state index is 6.18. The highest BCUT2D eigenvalue weighted by Gasteiger charge is 2.46. The summed E-state index contributed by atoms with van der Waals surface area (Å²) in [5.41, 5.74) is 7.22. The van der Waals surface area contributed by atoms with E-state index in [0.29, 0.717) is 11.0 Å². The lowest BCUT2D eigenvalue weighted by Crippen LogP contribution is -2.56. The minimum absolute atomic E-state index is 0.351. The Labute approximate surface area is 116 Å². The van der Waals surface area contributed by atoms with Crippen molar-refractivity contribution in [2.24, 2.45) is 11.1 Å². The third-order valence-electron chi connectivity index (χ3n) is 5.70. The van der Waals surface area contributed by atoms with Crippen LogP contribution in [0.5, 0.6) is 0 Å². The fourth-order valence-corrected chi connectivity index (χ4v) is 5.74. The molecule has 0 radical (unpaired) electrons. The summed E-state index contributed by atoms with van der Waals surface area (Å²) >= 11 is 2.13. The van der Waals surface area contributed by atoms with Gasteiger partial charge in [0.1, 0.15) is 0 Å². The number of nitrogens with two attached hydrogens (primary N) is 1. The van der Waals surface area contributed by atoms with Crippen LogP contribution >= 0.6 is 11.8 Å². The van der Waals surface area contributed by atoms with Crippen molar-refractivity contribution in [2.75, 3.05) is 31.1 Å². The summed E-state index contributed by atoms with van der Waals surface area (Å²) in [6, 6.07) is 0. The average molecular weight is 268 g/mol. The topological polar surface area (TPSA) is 29.3 Å². The van der Waals surface area contributed by atoms with Gasteiger partial charge < -0.3 is 5.73 Å². The van der Waals surface area contributed by atoms with Crippen LogP contribution in [0, 0.1) is 5.41 Å². The van der Waals surface area contributed by atoms with E-state index in [1.165, 1.54) is 76.0 Å². The Kier molecular flexibility index (Phi) is 3.93. The molecule has 2 nitrogen and oxygen atoms in total. The van der Waals surface area contributed by atoms with Gasteiger partial charge in [-0.2, -0.15) is 11.8 Å². The lowest BCUT2D eigenvalue weighted by Gasteiger charge is -2.45. The molecule has 3 rings (SSSR count). The molecule has 1 unspecified atom stereocenters. The van der Waals surface area contributed by atoms with E-state index < -0.39 is 0 Å². The molecule has 2 saturated heterocycles. The molecule has 1 saturated carbocycles. The average Bonchev–Trinajstić information content (AvgIpc) is 2.85. The SMILES string of the molecule is NCC1(N2CCC3(CCCCC3)C2)CCCSC1. The van der Waals surface area contributed by atoms with Crippen LogP contribution in [0.25, 0.3) is 0 Å². The minimum atomic E-state index is 0.351. The fraction of sp³-hybridized carbons (Fsp3) is 1.00. The zero-order valence-electron chi connectivity index (χ0n) is 11.6. The summed E-state index contributed by atoms with van der Waals surface area (Å²) in [4.78, 5) is 2.80. The molecule has 0 aromatic rings. The van der Waals surface area contributed by atoms with Crippen molar-refractivity contribution in [3.8, 4) is 0 Å². The summed E-state index contributed by atoms with van der Waals surface area (Å²) in [5, 5.41) is 0. The fourth-order valence-electron chi connectivity index (χ4n) is 4.43. The Morgan fingerprint density at radius 2 is 1.83 bits per heavy atom. The van der Waals surface area contributed by atoms with Crippen molar-refractivity contribution in [3.05, 3.63) is 0 Å². The Hall–Kier alpha value is 0.270. The first-order valence-corrected chi connectivity index (χ1v) is 8.97. The second-order valence-electron chi connectivity index (χ2n) is 6.82. The molecular formula is C15H28N2S. The molecule has 1 atom stereocenters. The monoisotopic (exact) mass is 268 g/mol. The summed E-state index contributed by atoms with van der Waals surface area (Å²) in [7, 11) is 0. The van der Waals surface area contributed by atoms with Gasteiger partial charge in [0.25, 0.3) is 0 Å². The zero-order valence-corrected chi connectivity index (χ0v) is 12.4. The van der Waals surface area contributed by atoms with Gasteiger partial charge in [-0.15, -0.1) is 0 Å². The van der Waals surface area contributed by atoms with Gasteiger partial charge in [-0.1, -0.05) is 19.3 Å². The first-order valence-electron chi connectivity index (χ1n) is 7.82. The van der Waals surface area contributed by atoms with Crippen LogP contribution in [-0.2, 0) is 0 Å². The number of hydrogen-bond donors (Lipinski definition) is 1. The van der Waals surface area contributed by atoms with Crippen molar-refractivity contribution >= 4 is 11.8 Å². The van der Waals surface area contributed by atoms with Gasteiger partial charge in [-0.25, -0.2) is 0 Å². The van der Waals surface area contributed by atoms with Gasteiger partial charge in [-0.3, -0.25) is 4.90 Å². The van der Waals surface area contributed by atoms with Crippen LogP contribution < -0.4 is 5.73 Å². The van der Waals surface area contributed by atoms with Gasteiger partial charge in [0.2, 0.25) is 0 Å². The number of nitrogens with zero attached hydrogens (tertiary/aromatic N) is 1. The van der Waals surface area contributed by atoms with Crippen molar-refractivity contribution in [2.45, 2.75) is 56.9 Å². The molecule has 0 bridgehead atoms. The third kappa shape index (κ3) is 2.34. The van der Waals surface area contributed by atoms with Crippen LogP contribution in [0.1, 0.15) is 51.4 Å². The molecule has 2 heterocycles. The first kappa shape index (κ1) is 13.3. The van der Waals surface area contributed by atoms with Crippen molar-refractivity contribution < 1.29 is 0 Å². The van der Waals surface area contributed by atoms with E-state index >= 15 is 0 Å². The van der Waals surface area contributed by atoms with E-state index in [4.69, 9.17) is 5.73 Å². The van der Waals surface area contributed by atoms with Crippen LogP contribution in [0.2, 0.25) is 0 Å². The largest absolute Gasteiger partial charge is 0.329 e. The molecule has 3 aliphatic rings. The van der Waals surface area contributed by atoms with Crippen LogP contribution in [-0.4, -0.2) is 41.6 Å². The molecule has 3 fully saturated rings. The van der Waals surface area contributed by atoms with Crippen LogP contribution in [0.15, 0.2) is 0 Å². The second kappa shape index (κ2) is 5.34. The Balaban J connectivity index is 1.69. The van der Waals surface area contributed by atoms with E-state index in [0.717, 1.165) is 6.54 Å². The van der Waals surface area contributed by atoms with Gasteiger partial charge >= 0.3 is 0 Å². The summed E-state index contributed by atoms with van der Waals surface area (Å²) < 4.78 is 0. The molecule has 0 aromatic carbocycles. The molecule has 0 aromatic heterocycles. The van der Waals surface area contributed by atoms with Crippen LogP contribution in [0.3, 0.4) is 0 Å². The predicted molar refractivity (Wildman–Crippen MR) is 80.1 cm³/mol. The highest BCUT2D eigenvalue weighted by Crippen LogP contribution is 2.47. The molecule has 0 amide bonds. The summed E-state index contributed by atoms with van der Waals surface area (Å²) in [6.45, 7) is 3.54. The molecule has 3 heteroatoms. The summed E-state index contributed by atoms with van der Waals surface area (Å²) in [5.74, 6) is 2.63. The normalized spacial score (nSPS) is 37.2. The number of hydrogen-bond acceptors (Lipinski definition) is 3. The summed E-state index contributed by atoms with van der Waals surface area (Å²) in [6.07, 6.45) is 11.5. The lowest BCUT2D eigenvalue weighted by atomic mass is 9.73. The van der Waals surface area contributed by atoms with Gasteiger partial charge in [0, 0.05) is 24.4 Å². The standard InChI is InChI=1S/C15H28N2S/c16-11-15(7-4-10-18-13-15)17-9-8-14(12-17)5-2-1-3-6-14/h1-13,16H2. The molecule has 1 spiro atoms. The Morgan fingerprint density at radius 3 is 2.50 bits per heavy atom. The quantitative estimate of drug-likeness (QED) is 0.835. The van der Waals surface area contributed by atoms with Gasteiger partial charge in [0.05, 0.1) is 0 Å². The third-order valence-corrected chi connectivity index (χ3v) is 7.02. The van der Waals surface area contributed by atoms with E-state index in [2.05, 4.69) is 16.7 Å². The van der Waals surface area contributed by atoms with Crippen LogP contribution in [0.4, 0.5) is 0 Å². The van der Waals surface area contributed by atoms with Gasteiger partial charge in [0.15, 0.2) is 0 Å². The Morgan fingerprint density at radius 1 is 1.00 bits per heavy atom. The molecule has 2 aliphatic heterocycles. The van der Waals surface area contributed by atoms with Crippen molar-refractivity contribution in [3.63, 3.8) is 0 Å². The second-order valence-corrected chi connectivity index (χ2v) is 7.92. The van der Waals surface area contributed by atoms with E-state index in [1.807, 2.05) is 0 Å². The molecular weight excluding hydrogens is 240 g/mol. The maximum Gasteiger partial charge on any atom is 0.0422 e. The van der Waals surface area contributed by atoms with E-state index in [1.54, 1.807) is 0 Å². The van der Waals surface area contributed by atoms with E-state index in [-0.39, 0.29) is 0 Å². The number of rotatable bonds is 2. The zero-order chi connectivity index (χ0) is 12.5. The van der Waals surface area contributed by atoms with Crippen molar-refractivity contribution in [1.29, 1.82) is 0 Å². The molecule has 104 valence electrons. The Bertz CT molecular complexity index is 280. The van der Waals surface area contributed by atoms with Crippen molar-refractivity contribution in [1.82, 2.24) is 4.90 Å². The molecule has 18 heavy (non-hydrogen) atoms. The maximum atomic E-state index is 6.18. The van der Waals surface area contributed by atoms with E-state index in [9.17, 15) is 0 Å². The highest BCUT2D eigenvalue weighted by molar-refractivity contribution is 7.99. The molecule has 2 N–H and O–H groups in total. The number of thioether (sulfide) groups is 1. The first-order chi connectivity index (χ1) is 8.79.